The zero-order valence-electron chi connectivity index (χ0n) is 16.5. The van der Waals surface area contributed by atoms with Gasteiger partial charge in [0.25, 0.3) is 5.91 Å². The standard InChI is InChI=1S/C22H20N2O3S2/c1-11-7-8-12(2)15(10-11)24-18(16-6-5-9-28-16)17(20(26)22(24)27)19(25)21-13(3)23-14(4)29-21/h5-10,18,26H,1-4H3. The number of rotatable bonds is 4. The number of nitrogens with zero attached hydrogens (tertiary/aromatic N) is 2. The summed E-state index contributed by atoms with van der Waals surface area (Å²) in [5, 5.41) is 13.5. The highest BCUT2D eigenvalue weighted by Crippen LogP contribution is 2.45. The summed E-state index contributed by atoms with van der Waals surface area (Å²) in [6.45, 7) is 7.48. The first-order valence-corrected chi connectivity index (χ1v) is 10.8. The summed E-state index contributed by atoms with van der Waals surface area (Å²) in [6.07, 6.45) is 0. The van der Waals surface area contributed by atoms with Gasteiger partial charge in [0, 0.05) is 10.6 Å². The van der Waals surface area contributed by atoms with Gasteiger partial charge in [0.2, 0.25) is 5.78 Å². The van der Waals surface area contributed by atoms with E-state index >= 15 is 0 Å². The molecule has 1 atom stereocenters. The Balaban J connectivity index is 1.90. The van der Waals surface area contributed by atoms with Crippen molar-refractivity contribution in [3.05, 3.63) is 78.6 Å². The van der Waals surface area contributed by atoms with E-state index in [0.717, 1.165) is 21.0 Å². The number of aliphatic hydroxyl groups excluding tert-OH is 1. The fourth-order valence-corrected chi connectivity index (χ4v) is 5.34. The molecule has 0 spiro atoms. The van der Waals surface area contributed by atoms with Crippen LogP contribution in [0.5, 0.6) is 0 Å². The fourth-order valence-electron chi connectivity index (χ4n) is 3.64. The van der Waals surface area contributed by atoms with Crippen molar-refractivity contribution in [1.82, 2.24) is 4.98 Å². The summed E-state index contributed by atoms with van der Waals surface area (Å²) >= 11 is 2.74. The largest absolute Gasteiger partial charge is 0.503 e. The molecule has 3 aromatic rings. The van der Waals surface area contributed by atoms with Crippen molar-refractivity contribution < 1.29 is 14.7 Å². The van der Waals surface area contributed by atoms with Crippen molar-refractivity contribution in [2.45, 2.75) is 33.7 Å². The average Bonchev–Trinajstić information content (AvgIpc) is 3.37. The molecule has 0 saturated carbocycles. The van der Waals surface area contributed by atoms with Crippen molar-refractivity contribution in [1.29, 1.82) is 0 Å². The minimum absolute atomic E-state index is 0.116. The van der Waals surface area contributed by atoms with Crippen LogP contribution in [-0.4, -0.2) is 21.8 Å². The molecule has 1 aromatic carbocycles. The number of aromatic nitrogens is 1. The number of ketones is 1. The Morgan fingerprint density at radius 3 is 2.55 bits per heavy atom. The average molecular weight is 425 g/mol. The highest BCUT2D eigenvalue weighted by molar-refractivity contribution is 7.14. The van der Waals surface area contributed by atoms with E-state index in [1.54, 1.807) is 11.8 Å². The van der Waals surface area contributed by atoms with Crippen LogP contribution in [0.4, 0.5) is 5.69 Å². The van der Waals surface area contributed by atoms with Gasteiger partial charge in [0.05, 0.1) is 21.2 Å². The zero-order valence-corrected chi connectivity index (χ0v) is 18.1. The van der Waals surface area contributed by atoms with Gasteiger partial charge in [-0.15, -0.1) is 22.7 Å². The number of amides is 1. The molecule has 148 valence electrons. The SMILES string of the molecule is Cc1ccc(C)c(N2C(=O)C(O)=C(C(=O)c3sc(C)nc3C)C2c2cccs2)c1. The number of thiazole rings is 1. The molecule has 3 heterocycles. The van der Waals surface area contributed by atoms with Gasteiger partial charge in [0.15, 0.2) is 5.76 Å². The molecule has 1 amide bonds. The normalized spacial score (nSPS) is 16.8. The zero-order chi connectivity index (χ0) is 20.9. The number of carbonyl (C=O) groups is 2. The lowest BCUT2D eigenvalue weighted by Crippen LogP contribution is -2.31. The Hall–Kier alpha value is -2.77. The van der Waals surface area contributed by atoms with E-state index in [2.05, 4.69) is 4.98 Å². The molecule has 1 aliphatic heterocycles. The summed E-state index contributed by atoms with van der Waals surface area (Å²) in [7, 11) is 0. The van der Waals surface area contributed by atoms with Crippen LogP contribution < -0.4 is 4.90 Å². The molecule has 29 heavy (non-hydrogen) atoms. The minimum Gasteiger partial charge on any atom is -0.503 e. The van der Waals surface area contributed by atoms with Crippen molar-refractivity contribution in [3.63, 3.8) is 0 Å². The van der Waals surface area contributed by atoms with Crippen LogP contribution in [0, 0.1) is 27.7 Å². The molecule has 0 fully saturated rings. The first-order valence-electron chi connectivity index (χ1n) is 9.15. The van der Waals surface area contributed by atoms with Crippen LogP contribution in [0.2, 0.25) is 0 Å². The Labute approximate surface area is 177 Å². The molecule has 1 N–H and O–H groups in total. The first kappa shape index (κ1) is 19.5. The van der Waals surface area contributed by atoms with Gasteiger partial charge in [-0.3, -0.25) is 14.5 Å². The fraction of sp³-hybridized carbons (Fsp3) is 0.227. The van der Waals surface area contributed by atoms with E-state index in [-0.39, 0.29) is 11.4 Å². The van der Waals surface area contributed by atoms with E-state index in [9.17, 15) is 14.7 Å². The van der Waals surface area contributed by atoms with E-state index < -0.39 is 17.7 Å². The predicted molar refractivity (Wildman–Crippen MR) is 116 cm³/mol. The summed E-state index contributed by atoms with van der Waals surface area (Å²) in [5.74, 6) is -1.38. The van der Waals surface area contributed by atoms with Crippen molar-refractivity contribution in [2.75, 3.05) is 4.90 Å². The molecule has 0 aliphatic carbocycles. The van der Waals surface area contributed by atoms with E-state index in [0.29, 0.717) is 16.3 Å². The van der Waals surface area contributed by atoms with Crippen LogP contribution in [0.3, 0.4) is 0 Å². The lowest BCUT2D eigenvalue weighted by molar-refractivity contribution is -0.117. The lowest BCUT2D eigenvalue weighted by atomic mass is 9.99. The van der Waals surface area contributed by atoms with Crippen LogP contribution in [0.15, 0.2) is 47.0 Å². The number of aliphatic hydroxyl groups is 1. The summed E-state index contributed by atoms with van der Waals surface area (Å²) in [4.78, 5) is 33.8. The molecule has 7 heteroatoms. The van der Waals surface area contributed by atoms with Crippen LogP contribution in [-0.2, 0) is 4.79 Å². The highest BCUT2D eigenvalue weighted by Gasteiger charge is 2.46. The number of benzene rings is 1. The second-order valence-electron chi connectivity index (χ2n) is 7.12. The smallest absolute Gasteiger partial charge is 0.294 e. The molecular weight excluding hydrogens is 404 g/mol. The maximum atomic E-state index is 13.4. The topological polar surface area (TPSA) is 70.5 Å². The van der Waals surface area contributed by atoms with Gasteiger partial charge in [-0.05, 0) is 56.3 Å². The molecule has 2 aromatic heterocycles. The van der Waals surface area contributed by atoms with Crippen molar-refractivity contribution in [3.8, 4) is 0 Å². The van der Waals surface area contributed by atoms with E-state index in [1.807, 2.05) is 56.5 Å². The quantitative estimate of drug-likeness (QED) is 0.583. The third kappa shape index (κ3) is 3.20. The first-order chi connectivity index (χ1) is 13.8. The Morgan fingerprint density at radius 1 is 1.17 bits per heavy atom. The lowest BCUT2D eigenvalue weighted by Gasteiger charge is -2.27. The van der Waals surface area contributed by atoms with Gasteiger partial charge in [-0.2, -0.15) is 0 Å². The van der Waals surface area contributed by atoms with Crippen LogP contribution >= 0.6 is 22.7 Å². The third-order valence-electron chi connectivity index (χ3n) is 5.00. The number of thiophene rings is 1. The van der Waals surface area contributed by atoms with Gasteiger partial charge in [0.1, 0.15) is 6.04 Å². The molecule has 0 saturated heterocycles. The number of anilines is 1. The second kappa shape index (κ2) is 7.24. The number of Topliss-reactive ketones (excluding diaryl/α,β-unsaturated/α-hetero) is 1. The summed E-state index contributed by atoms with van der Waals surface area (Å²) < 4.78 is 0. The predicted octanol–water partition coefficient (Wildman–Crippen LogP) is 5.22. The van der Waals surface area contributed by atoms with Crippen molar-refractivity contribution >= 4 is 40.1 Å². The molecule has 1 unspecified atom stereocenters. The van der Waals surface area contributed by atoms with Crippen LogP contribution in [0.25, 0.3) is 0 Å². The number of carbonyl (C=O) groups excluding carboxylic acids is 2. The monoisotopic (exact) mass is 424 g/mol. The molecule has 0 radical (unpaired) electrons. The maximum absolute atomic E-state index is 13.4. The maximum Gasteiger partial charge on any atom is 0.294 e. The van der Waals surface area contributed by atoms with Gasteiger partial charge < -0.3 is 5.11 Å². The molecule has 4 rings (SSSR count). The van der Waals surface area contributed by atoms with Gasteiger partial charge in [-0.25, -0.2) is 4.98 Å². The number of hydrogen-bond acceptors (Lipinski definition) is 6. The van der Waals surface area contributed by atoms with Crippen molar-refractivity contribution in [2.24, 2.45) is 0 Å². The highest BCUT2D eigenvalue weighted by atomic mass is 32.1. The molecule has 0 bridgehead atoms. The molecule has 5 nitrogen and oxygen atoms in total. The third-order valence-corrected chi connectivity index (χ3v) is 7.00. The number of aryl methyl sites for hydroxylation is 4. The van der Waals surface area contributed by atoms with Gasteiger partial charge >= 0.3 is 0 Å². The van der Waals surface area contributed by atoms with E-state index in [4.69, 9.17) is 0 Å². The summed E-state index contributed by atoms with van der Waals surface area (Å²) in [6, 6.07) is 8.93. The van der Waals surface area contributed by atoms with Gasteiger partial charge in [-0.1, -0.05) is 18.2 Å². The summed E-state index contributed by atoms with van der Waals surface area (Å²) in [5.41, 5.74) is 3.32. The number of hydrogen-bond donors (Lipinski definition) is 1. The Morgan fingerprint density at radius 2 is 1.93 bits per heavy atom. The minimum atomic E-state index is -0.669. The van der Waals surface area contributed by atoms with E-state index in [1.165, 1.54) is 22.7 Å². The Bertz CT molecular complexity index is 1160. The Kier molecular flexibility index (Phi) is 4.88. The molecular formula is C22H20N2O3S2. The molecule has 1 aliphatic rings. The second-order valence-corrected chi connectivity index (χ2v) is 9.30. The van der Waals surface area contributed by atoms with Crippen LogP contribution in [0.1, 0.15) is 42.4 Å².